The zero-order valence-electron chi connectivity index (χ0n) is 22.3. The average Bonchev–Trinajstić information content (AvgIpc) is 3.53. The van der Waals surface area contributed by atoms with Crippen LogP contribution in [0.15, 0.2) is 133 Å². The molecule has 0 unspecified atom stereocenters. The number of fused-ring (bicyclic) bond motifs is 6. The Balaban J connectivity index is 1.27. The molecule has 1 nitrogen and oxygen atoms in total. The van der Waals surface area contributed by atoms with Crippen LogP contribution in [0.3, 0.4) is 0 Å². The summed E-state index contributed by atoms with van der Waals surface area (Å²) in [6.45, 7) is 2.20. The van der Waals surface area contributed by atoms with Crippen molar-refractivity contribution in [3.63, 3.8) is 0 Å². The Kier molecular flexibility index (Phi) is 5.36. The highest BCUT2D eigenvalue weighted by Gasteiger charge is 2.14. The molecule has 2 heteroatoms. The smallest absolute Gasteiger partial charge is 0.0541 e. The lowest BCUT2D eigenvalue weighted by molar-refractivity contribution is 1.19. The lowest BCUT2D eigenvalue weighted by atomic mass is 9.92. The molecule has 0 amide bonds. The number of para-hydroxylation sites is 2. The summed E-state index contributed by atoms with van der Waals surface area (Å²) in [5, 5.41) is 5.26. The maximum Gasteiger partial charge on any atom is 0.0541 e. The molecule has 6 aromatic carbocycles. The first-order valence-corrected chi connectivity index (χ1v) is 14.6. The highest BCUT2D eigenvalue weighted by atomic mass is 32.1. The van der Waals surface area contributed by atoms with E-state index in [0.29, 0.717) is 0 Å². The molecule has 0 fully saturated rings. The van der Waals surface area contributed by atoms with Crippen LogP contribution in [0.5, 0.6) is 0 Å². The van der Waals surface area contributed by atoms with E-state index in [9.17, 15) is 0 Å². The summed E-state index contributed by atoms with van der Waals surface area (Å²) in [5.41, 5.74) is 10.4. The van der Waals surface area contributed by atoms with Crippen molar-refractivity contribution in [2.24, 2.45) is 0 Å². The number of hydrogen-bond donors (Lipinski definition) is 0. The van der Waals surface area contributed by atoms with Gasteiger partial charge in [0.25, 0.3) is 0 Å². The van der Waals surface area contributed by atoms with Gasteiger partial charge in [-0.3, -0.25) is 0 Å². The summed E-state index contributed by atoms with van der Waals surface area (Å²) < 4.78 is 5.08. The molecular formula is C38H27NS. The van der Waals surface area contributed by atoms with Crippen molar-refractivity contribution < 1.29 is 0 Å². The van der Waals surface area contributed by atoms with Gasteiger partial charge in [0.2, 0.25) is 0 Å². The van der Waals surface area contributed by atoms with Crippen LogP contribution in [-0.4, -0.2) is 4.57 Å². The number of benzene rings is 6. The van der Waals surface area contributed by atoms with E-state index >= 15 is 0 Å². The van der Waals surface area contributed by atoms with Crippen LogP contribution < -0.4 is 0 Å². The van der Waals surface area contributed by atoms with Crippen LogP contribution in [0.2, 0.25) is 0 Å². The van der Waals surface area contributed by atoms with E-state index in [0.717, 1.165) is 6.42 Å². The average molecular weight is 530 g/mol. The maximum atomic E-state index is 2.42. The Hall–Kier alpha value is -4.66. The molecule has 0 bridgehead atoms. The second-order valence-electron chi connectivity index (χ2n) is 10.6. The van der Waals surface area contributed by atoms with E-state index in [-0.39, 0.29) is 0 Å². The second kappa shape index (κ2) is 9.22. The minimum Gasteiger partial charge on any atom is -0.309 e. The fourth-order valence-electron chi connectivity index (χ4n) is 6.29. The molecule has 0 aliphatic carbocycles. The SMILES string of the molecule is Cc1ccccc1-c1ccccc1Cc1ccc2sc3ccc(-n4c5ccccc5c5ccccc54)cc3c2c1. The van der Waals surface area contributed by atoms with Crippen molar-refractivity contribution in [1.82, 2.24) is 4.57 Å². The van der Waals surface area contributed by atoms with Gasteiger partial charge in [-0.05, 0) is 83.6 Å². The molecule has 0 aliphatic heterocycles. The van der Waals surface area contributed by atoms with Gasteiger partial charge in [0.1, 0.15) is 0 Å². The number of aryl methyl sites for hydroxylation is 1. The van der Waals surface area contributed by atoms with Gasteiger partial charge in [0.15, 0.2) is 0 Å². The topological polar surface area (TPSA) is 4.93 Å². The monoisotopic (exact) mass is 529 g/mol. The first kappa shape index (κ1) is 23.2. The molecule has 40 heavy (non-hydrogen) atoms. The van der Waals surface area contributed by atoms with E-state index in [1.165, 1.54) is 75.5 Å². The number of rotatable bonds is 4. The van der Waals surface area contributed by atoms with Gasteiger partial charge in [0, 0.05) is 36.6 Å². The number of aromatic nitrogens is 1. The van der Waals surface area contributed by atoms with Crippen LogP contribution in [0, 0.1) is 6.92 Å². The largest absolute Gasteiger partial charge is 0.309 e. The third-order valence-corrected chi connectivity index (χ3v) is 9.35. The van der Waals surface area contributed by atoms with E-state index in [1.807, 2.05) is 11.3 Å². The third kappa shape index (κ3) is 3.68. The molecule has 0 radical (unpaired) electrons. The highest BCUT2D eigenvalue weighted by Crippen LogP contribution is 2.38. The summed E-state index contributed by atoms with van der Waals surface area (Å²) in [6.07, 6.45) is 0.907. The van der Waals surface area contributed by atoms with E-state index in [2.05, 4.69) is 145 Å². The lowest BCUT2D eigenvalue weighted by Crippen LogP contribution is -1.94. The van der Waals surface area contributed by atoms with Gasteiger partial charge in [0.05, 0.1) is 11.0 Å². The Labute approximate surface area is 237 Å². The molecular weight excluding hydrogens is 502 g/mol. The highest BCUT2D eigenvalue weighted by molar-refractivity contribution is 7.25. The Morgan fingerprint density at radius 3 is 1.88 bits per heavy atom. The van der Waals surface area contributed by atoms with Crippen LogP contribution in [0.25, 0.3) is 58.8 Å². The van der Waals surface area contributed by atoms with Crippen molar-refractivity contribution in [3.8, 4) is 16.8 Å². The predicted octanol–water partition coefficient (Wildman–Crippen LogP) is 10.7. The minimum atomic E-state index is 0.907. The summed E-state index contributed by atoms with van der Waals surface area (Å²) in [6, 6.07) is 49.0. The normalized spacial score (nSPS) is 11.7. The molecule has 8 rings (SSSR count). The quantitative estimate of drug-likeness (QED) is 0.214. The molecule has 0 N–H and O–H groups in total. The minimum absolute atomic E-state index is 0.907. The lowest BCUT2D eigenvalue weighted by Gasteiger charge is -2.12. The molecule has 0 atom stereocenters. The fourth-order valence-corrected chi connectivity index (χ4v) is 7.36. The zero-order chi connectivity index (χ0) is 26.6. The van der Waals surface area contributed by atoms with Gasteiger partial charge < -0.3 is 4.57 Å². The second-order valence-corrected chi connectivity index (χ2v) is 11.7. The van der Waals surface area contributed by atoms with Crippen LogP contribution in [-0.2, 0) is 6.42 Å². The van der Waals surface area contributed by atoms with Crippen LogP contribution in [0.4, 0.5) is 0 Å². The fraction of sp³-hybridized carbons (Fsp3) is 0.0526. The molecule has 8 aromatic rings. The van der Waals surface area contributed by atoms with Gasteiger partial charge in [-0.25, -0.2) is 0 Å². The molecule has 0 spiro atoms. The summed E-state index contributed by atoms with van der Waals surface area (Å²) in [5.74, 6) is 0. The Bertz CT molecular complexity index is 2160. The van der Waals surface area contributed by atoms with Crippen molar-refractivity contribution >= 4 is 53.3 Å². The van der Waals surface area contributed by atoms with Crippen LogP contribution in [0.1, 0.15) is 16.7 Å². The molecule has 0 saturated heterocycles. The first-order valence-electron chi connectivity index (χ1n) is 13.8. The van der Waals surface area contributed by atoms with E-state index in [4.69, 9.17) is 0 Å². The molecule has 190 valence electrons. The van der Waals surface area contributed by atoms with Crippen LogP contribution >= 0.6 is 11.3 Å². The summed E-state index contributed by atoms with van der Waals surface area (Å²) in [4.78, 5) is 0. The summed E-state index contributed by atoms with van der Waals surface area (Å²) >= 11 is 1.88. The first-order chi connectivity index (χ1) is 19.7. The number of thiophene rings is 1. The van der Waals surface area contributed by atoms with Gasteiger partial charge in [-0.15, -0.1) is 11.3 Å². The summed E-state index contributed by atoms with van der Waals surface area (Å²) in [7, 11) is 0. The molecule has 2 heterocycles. The molecule has 2 aromatic heterocycles. The van der Waals surface area contributed by atoms with Crippen molar-refractivity contribution in [2.75, 3.05) is 0 Å². The van der Waals surface area contributed by atoms with E-state index < -0.39 is 0 Å². The van der Waals surface area contributed by atoms with Gasteiger partial charge in [-0.2, -0.15) is 0 Å². The molecule has 0 aliphatic rings. The number of hydrogen-bond acceptors (Lipinski definition) is 1. The standard InChI is InChI=1S/C38H27NS/c1-25-10-2-4-12-29(25)30-13-5-3-11-27(30)22-26-18-20-37-33(23-26)34-24-28(19-21-38(34)40-37)39-35-16-8-6-14-31(35)32-15-7-9-17-36(32)39/h2-21,23-24H,22H2,1H3. The zero-order valence-corrected chi connectivity index (χ0v) is 23.1. The van der Waals surface area contributed by atoms with Gasteiger partial charge >= 0.3 is 0 Å². The maximum absolute atomic E-state index is 2.42. The van der Waals surface area contributed by atoms with E-state index in [1.54, 1.807) is 0 Å². The van der Waals surface area contributed by atoms with Crippen molar-refractivity contribution in [1.29, 1.82) is 0 Å². The van der Waals surface area contributed by atoms with Gasteiger partial charge in [-0.1, -0.05) is 91.0 Å². The number of nitrogens with zero attached hydrogens (tertiary/aromatic N) is 1. The Morgan fingerprint density at radius 1 is 0.525 bits per heavy atom. The Morgan fingerprint density at radius 2 is 1.12 bits per heavy atom. The van der Waals surface area contributed by atoms with Crippen molar-refractivity contribution in [2.45, 2.75) is 13.3 Å². The predicted molar refractivity (Wildman–Crippen MR) is 173 cm³/mol. The molecule has 0 saturated carbocycles. The van der Waals surface area contributed by atoms with Crippen molar-refractivity contribution in [3.05, 3.63) is 150 Å². The third-order valence-electron chi connectivity index (χ3n) is 8.20.